The van der Waals surface area contributed by atoms with Crippen LogP contribution in [-0.4, -0.2) is 78.6 Å². The molecule has 2 N–H and O–H groups in total. The summed E-state index contributed by atoms with van der Waals surface area (Å²) in [4.78, 5) is 47.4. The van der Waals surface area contributed by atoms with E-state index < -0.39 is 5.60 Å². The first kappa shape index (κ1) is 37.6. The van der Waals surface area contributed by atoms with Crippen LogP contribution in [0, 0.1) is 20.8 Å². The van der Waals surface area contributed by atoms with Gasteiger partial charge in [-0.3, -0.25) is 9.59 Å². The number of aryl methyl sites for hydroxylation is 2. The van der Waals surface area contributed by atoms with Gasteiger partial charge in [-0.1, -0.05) is 24.3 Å². The van der Waals surface area contributed by atoms with Crippen molar-refractivity contribution < 1.29 is 23.8 Å². The van der Waals surface area contributed by atoms with Crippen molar-refractivity contribution in [2.24, 2.45) is 0 Å². The van der Waals surface area contributed by atoms with Gasteiger partial charge in [-0.15, -0.1) is 0 Å². The first-order valence-electron chi connectivity index (χ1n) is 19.0. The van der Waals surface area contributed by atoms with Crippen LogP contribution in [-0.2, 0) is 20.8 Å². The van der Waals surface area contributed by atoms with Crippen LogP contribution in [0.15, 0.2) is 47.3 Å². The SMILES string of the molecule is CCN(c1cc(-c2ccc([C@@H]3C[C@H]3N(C(=O)OC(C)(C)C)C3CCOCC3)cc2)cc(C(=O)NCc2c(C)cc(C)[nH]c2=O)c1C)C1CCOCC1. The van der Waals surface area contributed by atoms with Crippen molar-refractivity contribution in [3.8, 4) is 11.1 Å². The monoisotopic (exact) mass is 712 g/mol. The van der Waals surface area contributed by atoms with Gasteiger partial charge in [0.05, 0.1) is 0 Å². The maximum atomic E-state index is 14.0. The zero-order valence-corrected chi connectivity index (χ0v) is 32.0. The molecule has 2 aliphatic heterocycles. The van der Waals surface area contributed by atoms with Gasteiger partial charge in [-0.25, -0.2) is 4.79 Å². The number of nitrogens with zero attached hydrogens (tertiary/aromatic N) is 2. The second-order valence-corrected chi connectivity index (χ2v) is 15.7. The first-order chi connectivity index (χ1) is 24.8. The lowest BCUT2D eigenvalue weighted by Crippen LogP contribution is -2.47. The zero-order chi connectivity index (χ0) is 37.2. The van der Waals surface area contributed by atoms with E-state index in [0.29, 0.717) is 30.4 Å². The highest BCUT2D eigenvalue weighted by atomic mass is 16.6. The van der Waals surface area contributed by atoms with Crippen LogP contribution in [0.4, 0.5) is 10.5 Å². The highest BCUT2D eigenvalue weighted by Crippen LogP contribution is 2.47. The fourth-order valence-electron chi connectivity index (χ4n) is 7.99. The van der Waals surface area contributed by atoms with E-state index >= 15 is 0 Å². The lowest BCUT2D eigenvalue weighted by Gasteiger charge is -2.37. The Bertz CT molecular complexity index is 1800. The number of amides is 2. The molecule has 2 atom stereocenters. The fraction of sp³-hybridized carbons (Fsp3) is 0.548. The van der Waals surface area contributed by atoms with Crippen molar-refractivity contribution in [3.05, 3.63) is 86.3 Å². The topological polar surface area (TPSA) is 113 Å². The van der Waals surface area contributed by atoms with Crippen molar-refractivity contribution in [1.82, 2.24) is 15.2 Å². The molecule has 0 spiro atoms. The van der Waals surface area contributed by atoms with Crippen LogP contribution in [0.2, 0.25) is 0 Å². The third-order valence-corrected chi connectivity index (χ3v) is 10.8. The zero-order valence-electron chi connectivity index (χ0n) is 32.0. The smallest absolute Gasteiger partial charge is 0.410 e. The van der Waals surface area contributed by atoms with Crippen LogP contribution < -0.4 is 15.8 Å². The molecule has 0 radical (unpaired) electrons. The Kier molecular flexibility index (Phi) is 11.5. The number of benzene rings is 2. The van der Waals surface area contributed by atoms with Gasteiger partial charge in [0, 0.05) is 86.1 Å². The predicted molar refractivity (Wildman–Crippen MR) is 204 cm³/mol. The molecule has 52 heavy (non-hydrogen) atoms. The highest BCUT2D eigenvalue weighted by Gasteiger charge is 2.48. The van der Waals surface area contributed by atoms with Crippen molar-refractivity contribution in [3.63, 3.8) is 0 Å². The molecule has 3 aromatic rings. The van der Waals surface area contributed by atoms with E-state index in [1.807, 2.05) is 58.6 Å². The summed E-state index contributed by atoms with van der Waals surface area (Å²) < 4.78 is 17.2. The molecule has 0 unspecified atom stereocenters. The summed E-state index contributed by atoms with van der Waals surface area (Å²) in [6.45, 7) is 17.4. The van der Waals surface area contributed by atoms with E-state index in [-0.39, 0.29) is 42.1 Å². The van der Waals surface area contributed by atoms with Gasteiger partial charge in [-0.05, 0) is 127 Å². The number of rotatable bonds is 10. The van der Waals surface area contributed by atoms with Gasteiger partial charge < -0.3 is 34.3 Å². The molecule has 2 amide bonds. The van der Waals surface area contributed by atoms with Crippen LogP contribution in [0.1, 0.15) is 104 Å². The van der Waals surface area contributed by atoms with Gasteiger partial charge in [-0.2, -0.15) is 0 Å². The van der Waals surface area contributed by atoms with Gasteiger partial charge >= 0.3 is 6.09 Å². The molecule has 280 valence electrons. The summed E-state index contributed by atoms with van der Waals surface area (Å²) in [7, 11) is 0. The molecule has 1 aliphatic carbocycles. The molecule has 3 fully saturated rings. The summed E-state index contributed by atoms with van der Waals surface area (Å²) in [6, 6.07) is 15.2. The molecule has 0 bridgehead atoms. The van der Waals surface area contributed by atoms with E-state index in [1.165, 1.54) is 5.56 Å². The summed E-state index contributed by atoms with van der Waals surface area (Å²) in [6.07, 6.45) is 4.15. The maximum Gasteiger partial charge on any atom is 0.410 e. The van der Waals surface area contributed by atoms with Crippen molar-refractivity contribution in [2.75, 3.05) is 37.9 Å². The van der Waals surface area contributed by atoms with E-state index in [1.54, 1.807) is 0 Å². The second kappa shape index (κ2) is 15.8. The molecule has 10 nitrogen and oxygen atoms in total. The number of ether oxygens (including phenoxy) is 3. The Morgan fingerprint density at radius 3 is 2.13 bits per heavy atom. The highest BCUT2D eigenvalue weighted by molar-refractivity contribution is 5.99. The Labute approximate surface area is 308 Å². The Balaban J connectivity index is 1.28. The fourth-order valence-corrected chi connectivity index (χ4v) is 7.99. The van der Waals surface area contributed by atoms with Gasteiger partial charge in [0.25, 0.3) is 11.5 Å². The van der Waals surface area contributed by atoms with Crippen LogP contribution >= 0.6 is 0 Å². The standard InChI is InChI=1S/C42H56N4O6/c1-8-45(32-13-17-50-18-14-32)37-23-31(22-34(28(37)4)39(47)43-25-36-26(2)21-27(3)44-40(36)48)29-9-11-30(12-10-29)35-24-38(35)46(33-15-19-51-20-16-33)41(49)52-42(5,6)7/h9-12,21-23,32-33,35,38H,8,13-20,24-25H2,1-7H3,(H,43,47)(H,44,48)/t35-,38+/m0/s1. The Morgan fingerprint density at radius 2 is 1.54 bits per heavy atom. The number of carbonyl (C=O) groups excluding carboxylic acids is 2. The molecule has 1 saturated carbocycles. The number of hydrogen-bond donors (Lipinski definition) is 2. The number of anilines is 1. The van der Waals surface area contributed by atoms with Crippen LogP contribution in [0.5, 0.6) is 0 Å². The third kappa shape index (κ3) is 8.55. The van der Waals surface area contributed by atoms with Crippen molar-refractivity contribution in [1.29, 1.82) is 0 Å². The summed E-state index contributed by atoms with van der Waals surface area (Å²) in [5.41, 5.74) is 7.16. The second-order valence-electron chi connectivity index (χ2n) is 15.7. The number of nitrogens with one attached hydrogen (secondary N) is 2. The lowest BCUT2D eigenvalue weighted by molar-refractivity contribution is -0.00859. The molecule has 1 aromatic heterocycles. The van der Waals surface area contributed by atoms with Gasteiger partial charge in [0.2, 0.25) is 0 Å². The molecule has 2 aromatic carbocycles. The normalized spacial score (nSPS) is 19.6. The number of pyridine rings is 1. The summed E-state index contributed by atoms with van der Waals surface area (Å²) >= 11 is 0. The van der Waals surface area contributed by atoms with E-state index in [0.717, 1.165) is 85.5 Å². The molecule has 3 aliphatic rings. The van der Waals surface area contributed by atoms with Crippen molar-refractivity contribution >= 4 is 17.7 Å². The molecular formula is C42H56N4O6. The Morgan fingerprint density at radius 1 is 0.904 bits per heavy atom. The molecule has 6 rings (SSSR count). The molecule has 2 saturated heterocycles. The number of aromatic amines is 1. The number of carbonyl (C=O) groups is 2. The van der Waals surface area contributed by atoms with Crippen LogP contribution in [0.25, 0.3) is 11.1 Å². The summed E-state index contributed by atoms with van der Waals surface area (Å²) in [5, 5.41) is 3.05. The van der Waals surface area contributed by atoms with Gasteiger partial charge in [0.1, 0.15) is 5.60 Å². The van der Waals surface area contributed by atoms with E-state index in [2.05, 4.69) is 52.5 Å². The lowest BCUT2D eigenvalue weighted by atomic mass is 9.94. The Hall–Kier alpha value is -4.15. The number of aromatic nitrogens is 1. The molecular weight excluding hydrogens is 656 g/mol. The van der Waals surface area contributed by atoms with Crippen molar-refractivity contribution in [2.45, 2.75) is 117 Å². The largest absolute Gasteiger partial charge is 0.444 e. The van der Waals surface area contributed by atoms with E-state index in [9.17, 15) is 14.4 Å². The molecule has 3 heterocycles. The van der Waals surface area contributed by atoms with Crippen LogP contribution in [0.3, 0.4) is 0 Å². The number of H-pyrrole nitrogens is 1. The average Bonchev–Trinajstić information content (AvgIpc) is 3.89. The maximum absolute atomic E-state index is 14.0. The summed E-state index contributed by atoms with van der Waals surface area (Å²) in [5.74, 6) is 0.0209. The van der Waals surface area contributed by atoms with E-state index in [4.69, 9.17) is 14.2 Å². The third-order valence-electron chi connectivity index (χ3n) is 10.8. The quantitative estimate of drug-likeness (QED) is 0.229. The average molecular weight is 713 g/mol. The minimum absolute atomic E-state index is 0.0899. The molecule has 10 heteroatoms. The van der Waals surface area contributed by atoms with Gasteiger partial charge in [0.15, 0.2) is 0 Å². The minimum Gasteiger partial charge on any atom is -0.444 e. The first-order valence-corrected chi connectivity index (χ1v) is 19.0. The number of hydrogen-bond acceptors (Lipinski definition) is 7. The minimum atomic E-state index is -0.565. The predicted octanol–water partition coefficient (Wildman–Crippen LogP) is 7.17.